The van der Waals surface area contributed by atoms with Gasteiger partial charge < -0.3 is 20.1 Å². The molecule has 2 rings (SSSR count). The molecule has 0 saturated carbocycles. The quantitative estimate of drug-likeness (QED) is 0.887. The van der Waals surface area contributed by atoms with E-state index in [4.69, 9.17) is 4.74 Å². The largest absolute Gasteiger partial charge is 0.489 e. The van der Waals surface area contributed by atoms with Crippen molar-refractivity contribution in [2.24, 2.45) is 0 Å². The highest BCUT2D eigenvalue weighted by molar-refractivity contribution is 9.10. The number of nitrogens with one attached hydrogen (secondary N) is 1. The number of urea groups is 1. The van der Waals surface area contributed by atoms with E-state index in [0.717, 1.165) is 4.47 Å². The van der Waals surface area contributed by atoms with E-state index in [9.17, 15) is 9.90 Å². The lowest BCUT2D eigenvalue weighted by molar-refractivity contribution is 0.176. The summed E-state index contributed by atoms with van der Waals surface area (Å²) in [7, 11) is 0. The predicted molar refractivity (Wildman–Crippen MR) is 81.1 cm³/mol. The molecule has 2 amide bonds. The van der Waals surface area contributed by atoms with Crippen LogP contribution in [-0.2, 0) is 0 Å². The van der Waals surface area contributed by atoms with Gasteiger partial charge in [-0.2, -0.15) is 0 Å². The molecule has 5 nitrogen and oxygen atoms in total. The van der Waals surface area contributed by atoms with Crippen LogP contribution in [-0.4, -0.2) is 41.3 Å². The Labute approximate surface area is 127 Å². The molecule has 1 atom stereocenters. The van der Waals surface area contributed by atoms with E-state index in [1.54, 1.807) is 4.90 Å². The number of ether oxygens (including phenoxy) is 1. The summed E-state index contributed by atoms with van der Waals surface area (Å²) in [6.45, 7) is 4.82. The van der Waals surface area contributed by atoms with Crippen molar-refractivity contribution in [1.29, 1.82) is 0 Å². The Morgan fingerprint density at radius 2 is 2.30 bits per heavy atom. The Hall–Kier alpha value is -1.27. The monoisotopic (exact) mass is 342 g/mol. The van der Waals surface area contributed by atoms with Gasteiger partial charge in [-0.25, -0.2) is 4.79 Å². The lowest BCUT2D eigenvalue weighted by Crippen LogP contribution is -2.33. The van der Waals surface area contributed by atoms with Crippen molar-refractivity contribution in [3.8, 4) is 5.75 Å². The first-order valence-electron chi connectivity index (χ1n) is 6.66. The van der Waals surface area contributed by atoms with Crippen LogP contribution >= 0.6 is 15.9 Å². The molecule has 0 spiro atoms. The molecule has 0 bridgehead atoms. The van der Waals surface area contributed by atoms with Crippen LogP contribution in [0.4, 0.5) is 10.5 Å². The zero-order valence-electron chi connectivity index (χ0n) is 11.6. The van der Waals surface area contributed by atoms with Crippen molar-refractivity contribution < 1.29 is 14.6 Å². The van der Waals surface area contributed by atoms with Crippen molar-refractivity contribution in [3.05, 3.63) is 22.7 Å². The van der Waals surface area contributed by atoms with Crippen LogP contribution in [0.1, 0.15) is 20.3 Å². The average molecular weight is 343 g/mol. The normalized spacial score (nSPS) is 18.4. The van der Waals surface area contributed by atoms with Gasteiger partial charge in [0.2, 0.25) is 0 Å². The maximum atomic E-state index is 12.1. The van der Waals surface area contributed by atoms with Crippen LogP contribution in [0.15, 0.2) is 22.7 Å². The van der Waals surface area contributed by atoms with Gasteiger partial charge in [-0.15, -0.1) is 0 Å². The van der Waals surface area contributed by atoms with Crippen LogP contribution in [0.5, 0.6) is 5.75 Å². The second-order valence-corrected chi connectivity index (χ2v) is 6.04. The maximum Gasteiger partial charge on any atom is 0.322 e. The third kappa shape index (κ3) is 3.86. The van der Waals surface area contributed by atoms with E-state index >= 15 is 0 Å². The Kier molecular flexibility index (Phi) is 4.88. The SMILES string of the molecule is CC(C)Oc1ccc(Br)cc1NC(=O)N1CC[C@H](O)C1. The second-order valence-electron chi connectivity index (χ2n) is 5.13. The summed E-state index contributed by atoms with van der Waals surface area (Å²) in [5.41, 5.74) is 0.625. The number of hydrogen-bond acceptors (Lipinski definition) is 3. The number of hydrogen-bond donors (Lipinski definition) is 2. The highest BCUT2D eigenvalue weighted by atomic mass is 79.9. The fraction of sp³-hybridized carbons (Fsp3) is 0.500. The average Bonchev–Trinajstić information content (AvgIpc) is 2.79. The van der Waals surface area contributed by atoms with Gasteiger partial charge >= 0.3 is 6.03 Å². The van der Waals surface area contributed by atoms with E-state index in [2.05, 4.69) is 21.2 Å². The van der Waals surface area contributed by atoms with E-state index < -0.39 is 6.10 Å². The van der Waals surface area contributed by atoms with Gasteiger partial charge in [0.05, 0.1) is 17.9 Å². The summed E-state index contributed by atoms with van der Waals surface area (Å²) in [5, 5.41) is 12.3. The number of benzene rings is 1. The third-order valence-corrected chi connectivity index (χ3v) is 3.49. The zero-order valence-corrected chi connectivity index (χ0v) is 13.2. The van der Waals surface area contributed by atoms with E-state index in [1.165, 1.54) is 0 Å². The molecule has 1 aromatic carbocycles. The van der Waals surface area contributed by atoms with Crippen molar-refractivity contribution in [1.82, 2.24) is 4.90 Å². The Bertz CT molecular complexity index is 493. The molecular formula is C14H19BrN2O3. The number of amides is 2. The van der Waals surface area contributed by atoms with Crippen molar-refractivity contribution >= 4 is 27.6 Å². The molecule has 1 heterocycles. The van der Waals surface area contributed by atoms with Crippen LogP contribution in [0.25, 0.3) is 0 Å². The number of anilines is 1. The van der Waals surface area contributed by atoms with E-state index in [1.807, 2.05) is 32.0 Å². The highest BCUT2D eigenvalue weighted by Crippen LogP contribution is 2.29. The first-order chi connectivity index (χ1) is 9.45. The number of carbonyl (C=O) groups excluding carboxylic acids is 1. The molecule has 1 aromatic rings. The topological polar surface area (TPSA) is 61.8 Å². The number of nitrogens with zero attached hydrogens (tertiary/aromatic N) is 1. The fourth-order valence-electron chi connectivity index (χ4n) is 2.08. The molecule has 1 aliphatic rings. The number of carbonyl (C=O) groups is 1. The molecule has 1 saturated heterocycles. The summed E-state index contributed by atoms with van der Waals surface area (Å²) >= 11 is 3.39. The van der Waals surface area contributed by atoms with Crippen LogP contribution < -0.4 is 10.1 Å². The smallest absolute Gasteiger partial charge is 0.322 e. The van der Waals surface area contributed by atoms with Crippen LogP contribution in [0, 0.1) is 0 Å². The summed E-state index contributed by atoms with van der Waals surface area (Å²) in [6, 6.07) is 5.28. The number of halogens is 1. The summed E-state index contributed by atoms with van der Waals surface area (Å²) in [5.74, 6) is 0.635. The molecule has 1 fully saturated rings. The lowest BCUT2D eigenvalue weighted by atomic mass is 10.3. The summed E-state index contributed by atoms with van der Waals surface area (Å²) in [6.07, 6.45) is 0.233. The fourth-order valence-corrected chi connectivity index (χ4v) is 2.44. The van der Waals surface area contributed by atoms with Crippen molar-refractivity contribution in [2.75, 3.05) is 18.4 Å². The molecule has 0 unspecified atom stereocenters. The third-order valence-electron chi connectivity index (χ3n) is 3.00. The summed E-state index contributed by atoms with van der Waals surface area (Å²) < 4.78 is 6.55. The van der Waals surface area contributed by atoms with Gasteiger partial charge in [0.25, 0.3) is 0 Å². The lowest BCUT2D eigenvalue weighted by Gasteiger charge is -2.19. The Morgan fingerprint density at radius 3 is 2.90 bits per heavy atom. The van der Waals surface area contributed by atoms with E-state index in [0.29, 0.717) is 30.9 Å². The van der Waals surface area contributed by atoms with Crippen LogP contribution in [0.2, 0.25) is 0 Å². The highest BCUT2D eigenvalue weighted by Gasteiger charge is 2.25. The minimum absolute atomic E-state index is 0.0282. The molecule has 0 radical (unpaired) electrons. The maximum absolute atomic E-state index is 12.1. The van der Waals surface area contributed by atoms with Gasteiger partial charge in [-0.1, -0.05) is 15.9 Å². The molecule has 1 aliphatic heterocycles. The molecule has 0 aromatic heterocycles. The first-order valence-corrected chi connectivity index (χ1v) is 7.45. The number of rotatable bonds is 3. The summed E-state index contributed by atoms with van der Waals surface area (Å²) in [4.78, 5) is 13.7. The molecule has 20 heavy (non-hydrogen) atoms. The standard InChI is InChI=1S/C14H19BrN2O3/c1-9(2)20-13-4-3-10(15)7-12(13)16-14(19)17-6-5-11(18)8-17/h3-4,7,9,11,18H,5-6,8H2,1-2H3,(H,16,19)/t11-/m0/s1. The number of likely N-dealkylation sites (tertiary alicyclic amines) is 1. The molecule has 6 heteroatoms. The van der Waals surface area contributed by atoms with E-state index in [-0.39, 0.29) is 12.1 Å². The Balaban J connectivity index is 2.11. The molecule has 0 aliphatic carbocycles. The molecule has 2 N–H and O–H groups in total. The zero-order chi connectivity index (χ0) is 14.7. The number of aliphatic hydroxyl groups is 1. The minimum atomic E-state index is -0.422. The van der Waals surface area contributed by atoms with Gasteiger partial charge in [-0.05, 0) is 38.5 Å². The van der Waals surface area contributed by atoms with Gasteiger partial charge in [0.1, 0.15) is 5.75 Å². The van der Waals surface area contributed by atoms with Gasteiger partial charge in [0, 0.05) is 17.6 Å². The van der Waals surface area contributed by atoms with Gasteiger partial charge in [-0.3, -0.25) is 0 Å². The first kappa shape index (κ1) is 15.1. The second kappa shape index (κ2) is 6.45. The molecule has 110 valence electrons. The number of aliphatic hydroxyl groups excluding tert-OH is 1. The predicted octanol–water partition coefficient (Wildman–Crippen LogP) is 2.83. The number of β-amino-alcohol motifs (C(OH)–C–C–N with tert-alkyl or cyclic N) is 1. The minimum Gasteiger partial charge on any atom is -0.489 e. The van der Waals surface area contributed by atoms with Gasteiger partial charge in [0.15, 0.2) is 0 Å². The van der Waals surface area contributed by atoms with Crippen molar-refractivity contribution in [3.63, 3.8) is 0 Å². The van der Waals surface area contributed by atoms with Crippen LogP contribution in [0.3, 0.4) is 0 Å². The Morgan fingerprint density at radius 1 is 1.55 bits per heavy atom. The molecular weight excluding hydrogens is 324 g/mol. The van der Waals surface area contributed by atoms with Crippen molar-refractivity contribution in [2.45, 2.75) is 32.5 Å².